The molecule has 2 N–H and O–H groups in total. The third kappa shape index (κ3) is 3.20. The van der Waals surface area contributed by atoms with Gasteiger partial charge in [-0.05, 0) is 51.0 Å². The van der Waals surface area contributed by atoms with Gasteiger partial charge in [0, 0.05) is 11.1 Å². The van der Waals surface area contributed by atoms with Gasteiger partial charge in [0.2, 0.25) is 0 Å². The van der Waals surface area contributed by atoms with Gasteiger partial charge in [0.25, 0.3) is 0 Å². The second-order valence-corrected chi connectivity index (χ2v) is 5.08. The number of carbonyl (C=O) groups excluding carboxylic acids is 1. The predicted octanol–water partition coefficient (Wildman–Crippen LogP) is 3.37. The van der Waals surface area contributed by atoms with E-state index in [1.807, 2.05) is 13.8 Å². The number of carbonyl (C=O) groups is 1. The fourth-order valence-electron chi connectivity index (χ4n) is 2.10. The molecular weight excluding hydrogens is 256 g/mol. The molecule has 0 radical (unpaired) electrons. The van der Waals surface area contributed by atoms with Crippen molar-refractivity contribution in [1.82, 2.24) is 0 Å². The topological polar surface area (TPSA) is 66.8 Å². The van der Waals surface area contributed by atoms with E-state index >= 15 is 0 Å². The van der Waals surface area contributed by atoms with E-state index in [9.17, 15) is 15.0 Å². The molecule has 1 aromatic carbocycles. The Balaban J connectivity index is 2.15. The molecule has 0 aliphatic carbocycles. The maximum absolute atomic E-state index is 11.8. The van der Waals surface area contributed by atoms with Crippen molar-refractivity contribution in [3.8, 4) is 11.5 Å². The lowest BCUT2D eigenvalue weighted by Crippen LogP contribution is -2.02. The van der Waals surface area contributed by atoms with Crippen molar-refractivity contribution in [2.75, 3.05) is 0 Å². The molecule has 1 aromatic rings. The third-order valence-electron chi connectivity index (χ3n) is 3.13. The number of rotatable bonds is 4. The smallest absolute Gasteiger partial charge is 0.334 e. The third-order valence-corrected chi connectivity index (χ3v) is 3.13. The molecule has 0 aromatic heterocycles. The van der Waals surface area contributed by atoms with Gasteiger partial charge in [-0.25, -0.2) is 4.79 Å². The molecule has 1 aliphatic rings. The molecule has 1 atom stereocenters. The molecule has 1 aliphatic heterocycles. The Morgan fingerprint density at radius 3 is 2.80 bits per heavy atom. The number of hydrogen-bond donors (Lipinski definition) is 2. The summed E-state index contributed by atoms with van der Waals surface area (Å²) in [5.41, 5.74) is 2.21. The zero-order chi connectivity index (χ0) is 14.7. The van der Waals surface area contributed by atoms with Gasteiger partial charge in [-0.2, -0.15) is 0 Å². The van der Waals surface area contributed by atoms with E-state index in [-0.39, 0.29) is 17.5 Å². The Morgan fingerprint density at radius 2 is 2.10 bits per heavy atom. The van der Waals surface area contributed by atoms with E-state index in [4.69, 9.17) is 4.74 Å². The van der Waals surface area contributed by atoms with Crippen LogP contribution in [0, 0.1) is 0 Å². The molecular formula is C16H18O4. The number of hydrogen-bond acceptors (Lipinski definition) is 4. The van der Waals surface area contributed by atoms with Gasteiger partial charge >= 0.3 is 5.97 Å². The Morgan fingerprint density at radius 1 is 1.35 bits per heavy atom. The van der Waals surface area contributed by atoms with Crippen LogP contribution in [0.1, 0.15) is 38.4 Å². The van der Waals surface area contributed by atoms with Crippen molar-refractivity contribution in [1.29, 1.82) is 0 Å². The first-order chi connectivity index (χ1) is 9.47. The Bertz CT molecular complexity index is 580. The Kier molecular flexibility index (Phi) is 4.13. The summed E-state index contributed by atoms with van der Waals surface area (Å²) in [7, 11) is 0. The van der Waals surface area contributed by atoms with Gasteiger partial charge in [0.05, 0.1) is 0 Å². The lowest BCUT2D eigenvalue weighted by Gasteiger charge is -2.10. The normalized spacial score (nSPS) is 17.6. The molecule has 20 heavy (non-hydrogen) atoms. The fraction of sp³-hybridized carbons (Fsp3) is 0.312. The number of allylic oxidation sites excluding steroid dienone is 2. The van der Waals surface area contributed by atoms with Crippen LogP contribution in [0.2, 0.25) is 0 Å². The van der Waals surface area contributed by atoms with Gasteiger partial charge in [-0.1, -0.05) is 11.6 Å². The highest BCUT2D eigenvalue weighted by Crippen LogP contribution is 2.36. The van der Waals surface area contributed by atoms with Crippen LogP contribution in [0.15, 0.2) is 41.5 Å². The molecule has 0 saturated heterocycles. The highest BCUT2D eigenvalue weighted by molar-refractivity contribution is 5.91. The largest absolute Gasteiger partial charge is 0.508 e. The van der Waals surface area contributed by atoms with Crippen LogP contribution in [0.5, 0.6) is 11.5 Å². The number of phenols is 2. The maximum Gasteiger partial charge on any atom is 0.334 e. The van der Waals surface area contributed by atoms with Crippen LogP contribution < -0.4 is 0 Å². The van der Waals surface area contributed by atoms with E-state index in [2.05, 4.69) is 6.08 Å². The summed E-state index contributed by atoms with van der Waals surface area (Å²) in [6, 6.07) is 4.17. The lowest BCUT2D eigenvalue weighted by atomic mass is 10.0. The molecule has 0 spiro atoms. The maximum atomic E-state index is 11.8. The predicted molar refractivity (Wildman–Crippen MR) is 75.4 cm³/mol. The van der Waals surface area contributed by atoms with Gasteiger partial charge in [-0.3, -0.25) is 0 Å². The number of esters is 1. The first kappa shape index (κ1) is 14.2. The molecule has 0 fully saturated rings. The van der Waals surface area contributed by atoms with Crippen molar-refractivity contribution in [3.63, 3.8) is 0 Å². The van der Waals surface area contributed by atoms with Crippen LogP contribution in [0.3, 0.4) is 0 Å². The van der Waals surface area contributed by atoms with Crippen LogP contribution in [0.25, 0.3) is 0 Å². The minimum atomic E-state index is -0.628. The highest BCUT2D eigenvalue weighted by atomic mass is 16.5. The minimum Gasteiger partial charge on any atom is -0.508 e. The monoisotopic (exact) mass is 274 g/mol. The van der Waals surface area contributed by atoms with E-state index in [1.165, 1.54) is 23.8 Å². The lowest BCUT2D eigenvalue weighted by molar-refractivity contribution is -0.140. The first-order valence-electron chi connectivity index (χ1n) is 6.54. The summed E-state index contributed by atoms with van der Waals surface area (Å²) in [5, 5.41) is 19.2. The van der Waals surface area contributed by atoms with Gasteiger partial charge < -0.3 is 14.9 Å². The van der Waals surface area contributed by atoms with Crippen molar-refractivity contribution < 1.29 is 19.7 Å². The number of cyclic esters (lactones) is 1. The SMILES string of the molecule is CC(C)=CCCC1=C[C@@H](c2cc(O)ccc2O)OC1=O. The summed E-state index contributed by atoms with van der Waals surface area (Å²) >= 11 is 0. The standard InChI is InChI=1S/C16H18O4/c1-10(2)4-3-5-11-8-15(20-16(11)19)13-9-12(17)6-7-14(13)18/h4,6-9,15,17-18H,3,5H2,1-2H3/t15-/m0/s1. The second-order valence-electron chi connectivity index (χ2n) is 5.08. The number of benzene rings is 1. The van der Waals surface area contributed by atoms with Gasteiger partial charge in [0.15, 0.2) is 0 Å². The summed E-state index contributed by atoms with van der Waals surface area (Å²) in [5.74, 6) is -0.331. The van der Waals surface area contributed by atoms with Gasteiger partial charge in [0.1, 0.15) is 17.6 Å². The number of ether oxygens (including phenoxy) is 1. The van der Waals surface area contributed by atoms with Gasteiger partial charge in [-0.15, -0.1) is 0 Å². The van der Waals surface area contributed by atoms with Crippen LogP contribution in [0.4, 0.5) is 0 Å². The second kappa shape index (κ2) is 5.82. The summed E-state index contributed by atoms with van der Waals surface area (Å²) in [6.07, 6.45) is 4.53. The van der Waals surface area contributed by atoms with Crippen LogP contribution >= 0.6 is 0 Å². The highest BCUT2D eigenvalue weighted by Gasteiger charge is 2.28. The van der Waals surface area contributed by atoms with E-state index < -0.39 is 6.10 Å². The van der Waals surface area contributed by atoms with Crippen molar-refractivity contribution in [2.45, 2.75) is 32.8 Å². The Labute approximate surface area is 118 Å². The summed E-state index contributed by atoms with van der Waals surface area (Å²) in [4.78, 5) is 11.8. The molecule has 0 bridgehead atoms. The zero-order valence-corrected chi connectivity index (χ0v) is 11.6. The molecule has 106 valence electrons. The number of phenolic OH excluding ortho intramolecular Hbond substituents is 2. The zero-order valence-electron chi connectivity index (χ0n) is 11.6. The summed E-state index contributed by atoms with van der Waals surface area (Å²) in [6.45, 7) is 4.02. The minimum absolute atomic E-state index is 0.00222. The average Bonchev–Trinajstić information content (AvgIpc) is 2.73. The van der Waals surface area contributed by atoms with E-state index in [1.54, 1.807) is 6.08 Å². The quantitative estimate of drug-likeness (QED) is 0.502. The Hall–Kier alpha value is -2.23. The molecule has 0 unspecified atom stereocenters. The molecule has 1 heterocycles. The van der Waals surface area contributed by atoms with E-state index in [0.717, 1.165) is 6.42 Å². The summed E-state index contributed by atoms with van der Waals surface area (Å²) < 4.78 is 5.23. The van der Waals surface area contributed by atoms with Crippen LogP contribution in [-0.2, 0) is 9.53 Å². The van der Waals surface area contributed by atoms with Crippen molar-refractivity contribution in [2.24, 2.45) is 0 Å². The van der Waals surface area contributed by atoms with Crippen molar-refractivity contribution >= 4 is 5.97 Å². The van der Waals surface area contributed by atoms with Crippen molar-refractivity contribution in [3.05, 3.63) is 47.1 Å². The van der Waals surface area contributed by atoms with Crippen LogP contribution in [-0.4, -0.2) is 16.2 Å². The van der Waals surface area contributed by atoms with E-state index in [0.29, 0.717) is 17.6 Å². The molecule has 0 saturated carbocycles. The molecule has 2 rings (SSSR count). The fourth-order valence-corrected chi connectivity index (χ4v) is 2.10. The molecule has 4 heteroatoms. The number of aromatic hydroxyl groups is 2. The average molecular weight is 274 g/mol. The molecule has 4 nitrogen and oxygen atoms in total. The molecule has 0 amide bonds. The first-order valence-corrected chi connectivity index (χ1v) is 6.54.